The van der Waals surface area contributed by atoms with Crippen molar-refractivity contribution < 1.29 is 19.1 Å². The van der Waals surface area contributed by atoms with Crippen molar-refractivity contribution in [3.8, 4) is 5.75 Å². The van der Waals surface area contributed by atoms with Gasteiger partial charge in [0, 0.05) is 24.8 Å². The minimum absolute atomic E-state index is 0.0201. The molecule has 4 rings (SSSR count). The number of thiazole rings is 1. The number of fused-ring (bicyclic) bond motifs is 1. The number of carbonyl (C=O) groups is 2. The van der Waals surface area contributed by atoms with Crippen molar-refractivity contribution in [2.24, 2.45) is 0 Å². The Bertz CT molecular complexity index is 1600. The zero-order valence-corrected chi connectivity index (χ0v) is 23.0. The van der Waals surface area contributed by atoms with Gasteiger partial charge in [-0.2, -0.15) is 0 Å². The Hall–Kier alpha value is -4.22. The van der Waals surface area contributed by atoms with Gasteiger partial charge in [0.25, 0.3) is 11.5 Å². The lowest BCUT2D eigenvalue weighted by atomic mass is 10.1. The molecule has 39 heavy (non-hydrogen) atoms. The van der Waals surface area contributed by atoms with Crippen LogP contribution in [-0.4, -0.2) is 60.1 Å². The topological polar surface area (TPSA) is 111 Å². The van der Waals surface area contributed by atoms with Crippen molar-refractivity contribution in [1.82, 2.24) is 19.2 Å². The molecule has 1 N–H and O–H groups in total. The van der Waals surface area contributed by atoms with E-state index in [1.165, 1.54) is 10.6 Å². The van der Waals surface area contributed by atoms with E-state index in [-0.39, 0.29) is 19.1 Å². The average molecular weight is 551 g/mol. The molecule has 0 radical (unpaired) electrons. The Balaban J connectivity index is 1.50. The first-order valence-corrected chi connectivity index (χ1v) is 13.1. The van der Waals surface area contributed by atoms with Crippen molar-refractivity contribution in [2.45, 2.75) is 20.0 Å². The first kappa shape index (κ1) is 27.8. The SMILES string of the molecule is COc1ccc(CNC(=O)c2cn3c(=O)n(Cc4ccc(C(=O)OCCN(C)C)cc4)c(=O)c(C)c3s2)cc1. The second-order valence-electron chi connectivity index (χ2n) is 9.24. The fourth-order valence-electron chi connectivity index (χ4n) is 3.86. The van der Waals surface area contributed by atoms with Gasteiger partial charge >= 0.3 is 11.7 Å². The second kappa shape index (κ2) is 12.1. The largest absolute Gasteiger partial charge is 0.497 e. The number of methoxy groups -OCH3 is 1. The fourth-order valence-corrected chi connectivity index (χ4v) is 4.86. The molecule has 4 aromatic rings. The molecular weight excluding hydrogens is 520 g/mol. The molecule has 0 aliphatic carbocycles. The summed E-state index contributed by atoms with van der Waals surface area (Å²) in [5.41, 5.74) is 1.35. The summed E-state index contributed by atoms with van der Waals surface area (Å²) in [5.74, 6) is -0.0560. The van der Waals surface area contributed by atoms with Gasteiger partial charge in [-0.3, -0.25) is 18.6 Å². The summed E-state index contributed by atoms with van der Waals surface area (Å²) in [6.07, 6.45) is 1.46. The molecule has 0 bridgehead atoms. The van der Waals surface area contributed by atoms with Crippen LogP contribution < -0.4 is 21.3 Å². The smallest absolute Gasteiger partial charge is 0.338 e. The van der Waals surface area contributed by atoms with Gasteiger partial charge in [-0.1, -0.05) is 24.3 Å². The van der Waals surface area contributed by atoms with Crippen molar-refractivity contribution in [3.05, 3.63) is 103 Å². The van der Waals surface area contributed by atoms with E-state index in [1.807, 2.05) is 43.3 Å². The maximum Gasteiger partial charge on any atom is 0.338 e. The van der Waals surface area contributed by atoms with Crippen LogP contribution in [0.3, 0.4) is 0 Å². The van der Waals surface area contributed by atoms with E-state index in [1.54, 1.807) is 38.3 Å². The monoisotopic (exact) mass is 550 g/mol. The Labute approximate surface area is 229 Å². The Morgan fingerprint density at radius 3 is 2.31 bits per heavy atom. The van der Waals surface area contributed by atoms with Crippen LogP contribution in [0, 0.1) is 6.92 Å². The lowest BCUT2D eigenvalue weighted by Gasteiger charge is -2.10. The fraction of sp³-hybridized carbons (Fsp3) is 0.286. The predicted octanol–water partition coefficient (Wildman–Crippen LogP) is 2.54. The molecule has 10 nitrogen and oxygen atoms in total. The maximum absolute atomic E-state index is 13.2. The number of nitrogens with one attached hydrogen (secondary N) is 1. The molecule has 0 aliphatic heterocycles. The molecule has 2 aromatic heterocycles. The summed E-state index contributed by atoms with van der Waals surface area (Å²) >= 11 is 1.09. The zero-order valence-electron chi connectivity index (χ0n) is 22.2. The van der Waals surface area contributed by atoms with E-state index in [0.29, 0.717) is 39.5 Å². The van der Waals surface area contributed by atoms with Crippen molar-refractivity contribution in [1.29, 1.82) is 0 Å². The van der Waals surface area contributed by atoms with E-state index < -0.39 is 17.2 Å². The van der Waals surface area contributed by atoms with E-state index >= 15 is 0 Å². The summed E-state index contributed by atoms with van der Waals surface area (Å²) < 4.78 is 12.8. The third kappa shape index (κ3) is 6.44. The van der Waals surface area contributed by atoms with Gasteiger partial charge in [-0.05, 0) is 56.4 Å². The Morgan fingerprint density at radius 2 is 1.67 bits per heavy atom. The van der Waals surface area contributed by atoms with Crippen LogP contribution in [0.2, 0.25) is 0 Å². The molecule has 2 heterocycles. The summed E-state index contributed by atoms with van der Waals surface area (Å²) in [4.78, 5) is 54.0. The molecule has 0 fully saturated rings. The van der Waals surface area contributed by atoms with E-state index in [4.69, 9.17) is 9.47 Å². The number of hydrogen-bond donors (Lipinski definition) is 1. The highest BCUT2D eigenvalue weighted by atomic mass is 32.1. The number of likely N-dealkylation sites (N-methyl/N-ethyl adjacent to an activating group) is 1. The van der Waals surface area contributed by atoms with Gasteiger partial charge in [-0.25, -0.2) is 9.59 Å². The van der Waals surface area contributed by atoms with E-state index in [0.717, 1.165) is 27.2 Å². The second-order valence-corrected chi connectivity index (χ2v) is 10.3. The van der Waals surface area contributed by atoms with Crippen molar-refractivity contribution in [3.63, 3.8) is 0 Å². The minimum atomic E-state index is -0.543. The highest BCUT2D eigenvalue weighted by Gasteiger charge is 2.18. The average Bonchev–Trinajstić information content (AvgIpc) is 3.39. The van der Waals surface area contributed by atoms with Gasteiger partial charge in [0.2, 0.25) is 0 Å². The number of benzene rings is 2. The van der Waals surface area contributed by atoms with Gasteiger partial charge in [0.05, 0.1) is 19.2 Å². The first-order valence-electron chi connectivity index (χ1n) is 12.3. The normalized spacial score (nSPS) is 11.1. The van der Waals surface area contributed by atoms with Crippen LogP contribution >= 0.6 is 11.3 Å². The summed E-state index contributed by atoms with van der Waals surface area (Å²) in [5, 5.41) is 2.84. The van der Waals surface area contributed by atoms with Crippen molar-refractivity contribution >= 4 is 28.0 Å². The van der Waals surface area contributed by atoms with E-state index in [9.17, 15) is 19.2 Å². The number of aryl methyl sites for hydroxylation is 1. The highest BCUT2D eigenvalue weighted by molar-refractivity contribution is 7.19. The number of aromatic nitrogens is 2. The summed E-state index contributed by atoms with van der Waals surface area (Å²) in [7, 11) is 5.37. The number of nitrogens with zero attached hydrogens (tertiary/aromatic N) is 3. The Kier molecular flexibility index (Phi) is 8.62. The zero-order chi connectivity index (χ0) is 28.1. The molecule has 2 aromatic carbocycles. The molecule has 0 saturated heterocycles. The van der Waals surface area contributed by atoms with Crippen LogP contribution in [0.5, 0.6) is 5.75 Å². The lowest BCUT2D eigenvalue weighted by molar-refractivity contribution is 0.0481. The number of carbonyl (C=O) groups excluding carboxylic acids is 2. The van der Waals surface area contributed by atoms with Crippen LogP contribution in [-0.2, 0) is 17.8 Å². The molecule has 0 aliphatic rings. The van der Waals surface area contributed by atoms with Gasteiger partial charge in [0.15, 0.2) is 0 Å². The molecule has 0 spiro atoms. The molecule has 204 valence electrons. The highest BCUT2D eigenvalue weighted by Crippen LogP contribution is 2.19. The predicted molar refractivity (Wildman–Crippen MR) is 149 cm³/mol. The Morgan fingerprint density at radius 1 is 1.00 bits per heavy atom. The minimum Gasteiger partial charge on any atom is -0.497 e. The molecular formula is C28H30N4O6S. The van der Waals surface area contributed by atoms with Gasteiger partial charge in [-0.15, -0.1) is 11.3 Å². The number of esters is 1. The lowest BCUT2D eigenvalue weighted by Crippen LogP contribution is -2.38. The van der Waals surface area contributed by atoms with Crippen LogP contribution in [0.15, 0.2) is 64.3 Å². The summed E-state index contributed by atoms with van der Waals surface area (Å²) in [6, 6.07) is 13.9. The standard InChI is InChI=1S/C28H30N4O6S/c1-18-25(34)31(16-20-5-9-21(10-6-20)27(35)38-14-13-30(2)3)28(36)32-17-23(39-26(18)32)24(33)29-15-19-7-11-22(37-4)12-8-19/h5-12,17H,13-16H2,1-4H3,(H,29,33). The third-order valence-corrected chi connectivity index (χ3v) is 7.34. The number of amides is 1. The number of rotatable bonds is 10. The third-order valence-electron chi connectivity index (χ3n) is 6.13. The molecule has 0 saturated carbocycles. The van der Waals surface area contributed by atoms with Gasteiger partial charge < -0.3 is 19.7 Å². The van der Waals surface area contributed by atoms with Crippen LogP contribution in [0.1, 0.15) is 36.7 Å². The molecule has 1 amide bonds. The van der Waals surface area contributed by atoms with E-state index in [2.05, 4.69) is 5.32 Å². The van der Waals surface area contributed by atoms with Crippen molar-refractivity contribution in [2.75, 3.05) is 34.4 Å². The molecule has 11 heteroatoms. The molecule has 0 atom stereocenters. The molecule has 0 unspecified atom stereocenters. The quantitative estimate of drug-likeness (QED) is 0.302. The number of hydrogen-bond acceptors (Lipinski definition) is 8. The number of ether oxygens (including phenoxy) is 2. The van der Waals surface area contributed by atoms with Crippen LogP contribution in [0.4, 0.5) is 0 Å². The maximum atomic E-state index is 13.2. The first-order chi connectivity index (χ1) is 18.7. The van der Waals surface area contributed by atoms with Crippen LogP contribution in [0.25, 0.3) is 4.83 Å². The summed E-state index contributed by atoms with van der Waals surface area (Å²) in [6.45, 7) is 2.85. The van der Waals surface area contributed by atoms with Gasteiger partial charge in [0.1, 0.15) is 22.1 Å².